The molecule has 0 radical (unpaired) electrons. The first-order valence-corrected chi connectivity index (χ1v) is 7.74. The molecule has 0 unspecified atom stereocenters. The number of nitrogens with one attached hydrogen (secondary N) is 2. The molecule has 114 valence electrons. The number of hydrogen-bond acceptors (Lipinski definition) is 4. The van der Waals surface area contributed by atoms with Crippen LogP contribution in [0.3, 0.4) is 0 Å². The van der Waals surface area contributed by atoms with E-state index in [1.54, 1.807) is 0 Å². The quantitative estimate of drug-likeness (QED) is 0.500. The van der Waals surface area contributed by atoms with E-state index in [1.807, 2.05) is 30.4 Å². The van der Waals surface area contributed by atoms with Crippen molar-refractivity contribution < 1.29 is 4.74 Å². The molecule has 0 amide bonds. The monoisotopic (exact) mass is 313 g/mol. The lowest BCUT2D eigenvalue weighted by Gasteiger charge is -2.15. The highest BCUT2D eigenvalue weighted by Gasteiger charge is 2.14. The molecule has 0 saturated heterocycles. The molecule has 2 N–H and O–H groups in total. The molecule has 3 rings (SSSR count). The van der Waals surface area contributed by atoms with Gasteiger partial charge in [-0.2, -0.15) is 0 Å². The van der Waals surface area contributed by atoms with E-state index in [2.05, 4.69) is 23.3 Å². The average molecular weight is 313 g/mol. The zero-order chi connectivity index (χ0) is 15.5. The van der Waals surface area contributed by atoms with E-state index in [9.17, 15) is 0 Å². The molecule has 1 aliphatic heterocycles. The van der Waals surface area contributed by atoms with Crippen LogP contribution in [0, 0.1) is 5.41 Å². The smallest absolute Gasteiger partial charge is 0.129 e. The summed E-state index contributed by atoms with van der Waals surface area (Å²) in [4.78, 5) is 3.09. The Morgan fingerprint density at radius 2 is 2.27 bits per heavy atom. The Labute approximate surface area is 136 Å². The molecule has 0 saturated carbocycles. The normalized spacial score (nSPS) is 18.0. The Kier molecular flexibility index (Phi) is 4.36. The van der Waals surface area contributed by atoms with E-state index in [1.165, 1.54) is 0 Å². The van der Waals surface area contributed by atoms with Crippen LogP contribution in [-0.2, 0) is 6.54 Å². The summed E-state index contributed by atoms with van der Waals surface area (Å²) in [5, 5.41) is 11.3. The van der Waals surface area contributed by atoms with Gasteiger partial charge in [0.15, 0.2) is 0 Å². The molecule has 0 bridgehead atoms. The fourth-order valence-electron chi connectivity index (χ4n) is 2.56. The number of allylic oxidation sites excluding steroid dienone is 2. The standard InChI is InChI=1S/C17H19N3OS/c1-20-7-8-21-16-6-5-14(9-13(16)11-20)19-17(18)12-3-2-4-15(22)10-12/h2-3,5-6,9-10H,4,7-8,11H2,1H3,(H2,18,19). The fourth-order valence-corrected chi connectivity index (χ4v) is 2.78. The van der Waals surface area contributed by atoms with Gasteiger partial charge in [0.05, 0.1) is 0 Å². The number of benzene rings is 1. The second kappa shape index (κ2) is 6.42. The summed E-state index contributed by atoms with van der Waals surface area (Å²) < 4.78 is 5.75. The van der Waals surface area contributed by atoms with Gasteiger partial charge in [-0.05, 0) is 31.3 Å². The van der Waals surface area contributed by atoms with Gasteiger partial charge in [0.25, 0.3) is 0 Å². The topological polar surface area (TPSA) is 48.4 Å². The number of hydrogen-bond donors (Lipinski definition) is 2. The van der Waals surface area contributed by atoms with Crippen LogP contribution in [0.5, 0.6) is 5.75 Å². The summed E-state index contributed by atoms with van der Waals surface area (Å²) in [5.74, 6) is 1.29. The minimum atomic E-state index is 0.362. The number of rotatable bonds is 2. The van der Waals surface area contributed by atoms with E-state index in [0.717, 1.165) is 46.9 Å². The Morgan fingerprint density at radius 1 is 1.41 bits per heavy atom. The molecule has 22 heavy (non-hydrogen) atoms. The van der Waals surface area contributed by atoms with Gasteiger partial charge in [0, 0.05) is 41.2 Å². The maximum absolute atomic E-state index is 8.20. The summed E-state index contributed by atoms with van der Waals surface area (Å²) >= 11 is 5.20. The zero-order valence-electron chi connectivity index (χ0n) is 12.6. The van der Waals surface area contributed by atoms with Crippen LogP contribution < -0.4 is 10.1 Å². The maximum Gasteiger partial charge on any atom is 0.129 e. The highest BCUT2D eigenvalue weighted by Crippen LogP contribution is 2.26. The molecule has 2 aliphatic rings. The van der Waals surface area contributed by atoms with Crippen LogP contribution in [0.4, 0.5) is 5.69 Å². The maximum atomic E-state index is 8.20. The number of fused-ring (bicyclic) bond motifs is 1. The number of ether oxygens (including phenoxy) is 1. The summed E-state index contributed by atoms with van der Waals surface area (Å²) in [7, 11) is 2.08. The van der Waals surface area contributed by atoms with Crippen molar-refractivity contribution in [2.24, 2.45) is 0 Å². The largest absolute Gasteiger partial charge is 0.492 e. The van der Waals surface area contributed by atoms with E-state index in [4.69, 9.17) is 22.4 Å². The van der Waals surface area contributed by atoms with Crippen molar-refractivity contribution in [2.45, 2.75) is 13.0 Å². The number of thiocarbonyl (C=S) groups is 1. The molecule has 1 aromatic carbocycles. The molecule has 0 fully saturated rings. The molecule has 0 atom stereocenters. The molecule has 1 heterocycles. The predicted molar refractivity (Wildman–Crippen MR) is 94.1 cm³/mol. The van der Waals surface area contributed by atoms with Crippen molar-refractivity contribution in [3.8, 4) is 5.75 Å². The minimum Gasteiger partial charge on any atom is -0.492 e. The van der Waals surface area contributed by atoms with Gasteiger partial charge in [-0.1, -0.05) is 24.4 Å². The molecule has 0 spiro atoms. The zero-order valence-corrected chi connectivity index (χ0v) is 13.4. The van der Waals surface area contributed by atoms with Crippen molar-refractivity contribution in [3.63, 3.8) is 0 Å². The predicted octanol–water partition coefficient (Wildman–Crippen LogP) is 3.16. The molecular weight excluding hydrogens is 294 g/mol. The van der Waals surface area contributed by atoms with Crippen LogP contribution >= 0.6 is 12.2 Å². The van der Waals surface area contributed by atoms with E-state index in [0.29, 0.717) is 12.4 Å². The highest BCUT2D eigenvalue weighted by atomic mass is 32.1. The first-order valence-electron chi connectivity index (χ1n) is 7.33. The van der Waals surface area contributed by atoms with Gasteiger partial charge in [-0.15, -0.1) is 0 Å². The van der Waals surface area contributed by atoms with Crippen LogP contribution in [0.1, 0.15) is 12.0 Å². The van der Waals surface area contributed by atoms with Crippen LogP contribution in [0.15, 0.2) is 42.0 Å². The van der Waals surface area contributed by atoms with Gasteiger partial charge in [-0.25, -0.2) is 0 Å². The summed E-state index contributed by atoms with van der Waals surface area (Å²) in [5.41, 5.74) is 2.86. The molecule has 1 aromatic rings. The third-order valence-electron chi connectivity index (χ3n) is 3.72. The average Bonchev–Trinajstić information content (AvgIpc) is 2.67. The molecule has 1 aliphatic carbocycles. The summed E-state index contributed by atoms with van der Waals surface area (Å²) in [6.07, 6.45) is 6.60. The lowest BCUT2D eigenvalue weighted by atomic mass is 10.1. The Balaban J connectivity index is 1.77. The van der Waals surface area contributed by atoms with Crippen molar-refractivity contribution >= 4 is 28.6 Å². The second-order valence-electron chi connectivity index (χ2n) is 5.58. The van der Waals surface area contributed by atoms with Crippen molar-refractivity contribution in [1.82, 2.24) is 4.90 Å². The summed E-state index contributed by atoms with van der Waals surface area (Å²) in [6, 6.07) is 5.97. The highest BCUT2D eigenvalue weighted by molar-refractivity contribution is 7.80. The Bertz CT molecular complexity index is 678. The van der Waals surface area contributed by atoms with Gasteiger partial charge in [0.1, 0.15) is 18.2 Å². The van der Waals surface area contributed by atoms with Crippen molar-refractivity contribution in [2.75, 3.05) is 25.5 Å². The third kappa shape index (κ3) is 3.43. The first-order chi connectivity index (χ1) is 10.6. The van der Waals surface area contributed by atoms with E-state index >= 15 is 0 Å². The molecule has 5 heteroatoms. The van der Waals surface area contributed by atoms with E-state index in [-0.39, 0.29) is 0 Å². The summed E-state index contributed by atoms with van der Waals surface area (Å²) in [6.45, 7) is 2.48. The van der Waals surface area contributed by atoms with Gasteiger partial charge in [-0.3, -0.25) is 10.3 Å². The number of amidine groups is 1. The third-order valence-corrected chi connectivity index (χ3v) is 4.01. The molecule has 4 nitrogen and oxygen atoms in total. The Morgan fingerprint density at radius 3 is 3.09 bits per heavy atom. The minimum absolute atomic E-state index is 0.362. The number of anilines is 1. The first kappa shape index (κ1) is 14.9. The lowest BCUT2D eigenvalue weighted by Crippen LogP contribution is -2.20. The van der Waals surface area contributed by atoms with Crippen LogP contribution in [0.2, 0.25) is 0 Å². The lowest BCUT2D eigenvalue weighted by molar-refractivity contribution is 0.259. The van der Waals surface area contributed by atoms with Crippen molar-refractivity contribution in [1.29, 1.82) is 5.41 Å². The number of likely N-dealkylation sites (N-methyl/N-ethyl adjacent to an activating group) is 1. The molecular formula is C17H19N3OS. The second-order valence-corrected chi connectivity index (χ2v) is 6.11. The van der Waals surface area contributed by atoms with Crippen LogP contribution in [0.25, 0.3) is 0 Å². The van der Waals surface area contributed by atoms with Gasteiger partial charge >= 0.3 is 0 Å². The number of nitrogens with zero attached hydrogens (tertiary/aromatic N) is 1. The fraction of sp³-hybridized carbons (Fsp3) is 0.294. The Hall–Kier alpha value is -1.98. The van der Waals surface area contributed by atoms with Gasteiger partial charge in [0.2, 0.25) is 0 Å². The van der Waals surface area contributed by atoms with Crippen molar-refractivity contribution in [3.05, 3.63) is 47.6 Å². The SMILES string of the molecule is CN1CCOc2ccc(NC(=N)C3=CC(=S)CC=C3)cc2C1. The van der Waals surface area contributed by atoms with Crippen LogP contribution in [-0.4, -0.2) is 35.8 Å². The van der Waals surface area contributed by atoms with Gasteiger partial charge < -0.3 is 10.1 Å². The molecule has 0 aromatic heterocycles. The van der Waals surface area contributed by atoms with E-state index < -0.39 is 0 Å².